The normalized spacial score (nSPS) is 10.2. The van der Waals surface area contributed by atoms with E-state index >= 15 is 0 Å². The van der Waals surface area contributed by atoms with Crippen LogP contribution in [0, 0.1) is 0 Å². The van der Waals surface area contributed by atoms with Crippen molar-refractivity contribution in [2.75, 3.05) is 11.4 Å². The Morgan fingerprint density at radius 3 is 2.45 bits per heavy atom. The Bertz CT molecular complexity index is 656. The lowest BCUT2D eigenvalue weighted by atomic mass is 10.1. The number of pyridine rings is 1. The minimum Gasteiger partial charge on any atom is -0.481 e. The predicted molar refractivity (Wildman–Crippen MR) is 84.0 cm³/mol. The van der Waals surface area contributed by atoms with Crippen LogP contribution in [0.3, 0.4) is 0 Å². The van der Waals surface area contributed by atoms with Crippen molar-refractivity contribution in [1.82, 2.24) is 4.98 Å². The van der Waals surface area contributed by atoms with Crippen LogP contribution in [0.4, 0.5) is 5.69 Å². The summed E-state index contributed by atoms with van der Waals surface area (Å²) in [5.74, 6) is -1.15. The fourth-order valence-electron chi connectivity index (χ4n) is 2.26. The van der Waals surface area contributed by atoms with Gasteiger partial charge in [-0.1, -0.05) is 25.1 Å². The van der Waals surface area contributed by atoms with Gasteiger partial charge in [-0.3, -0.25) is 14.6 Å². The van der Waals surface area contributed by atoms with E-state index in [9.17, 15) is 9.59 Å². The molecule has 0 aliphatic rings. The number of carboxylic acid groups (broad SMARTS) is 1. The molecule has 1 N–H and O–H groups in total. The van der Waals surface area contributed by atoms with E-state index in [4.69, 9.17) is 5.11 Å². The number of aryl methyl sites for hydroxylation is 1. The maximum atomic E-state index is 12.7. The van der Waals surface area contributed by atoms with Crippen molar-refractivity contribution in [3.8, 4) is 0 Å². The molecule has 1 aromatic carbocycles. The van der Waals surface area contributed by atoms with Crippen molar-refractivity contribution in [3.05, 3.63) is 59.9 Å². The fourth-order valence-corrected chi connectivity index (χ4v) is 2.26. The number of aliphatic carboxylic acids is 1. The summed E-state index contributed by atoms with van der Waals surface area (Å²) in [7, 11) is 0. The molecule has 0 spiro atoms. The van der Waals surface area contributed by atoms with Gasteiger partial charge in [0.15, 0.2) is 0 Å². The zero-order valence-electron chi connectivity index (χ0n) is 12.4. The molecule has 1 amide bonds. The van der Waals surface area contributed by atoms with Gasteiger partial charge in [-0.2, -0.15) is 0 Å². The third-order valence-electron chi connectivity index (χ3n) is 3.39. The SMILES string of the molecule is CCc1ccccc1N(CCC(=O)O)C(=O)c1ccncc1. The van der Waals surface area contributed by atoms with E-state index in [2.05, 4.69) is 4.98 Å². The molecule has 5 nitrogen and oxygen atoms in total. The summed E-state index contributed by atoms with van der Waals surface area (Å²) in [6, 6.07) is 10.8. The number of carboxylic acids is 1. The Morgan fingerprint density at radius 2 is 1.82 bits per heavy atom. The van der Waals surface area contributed by atoms with E-state index in [0.29, 0.717) is 5.56 Å². The van der Waals surface area contributed by atoms with Crippen LogP contribution in [-0.4, -0.2) is 28.5 Å². The second kappa shape index (κ2) is 7.36. The van der Waals surface area contributed by atoms with Crippen LogP contribution in [0.5, 0.6) is 0 Å². The number of aromatic nitrogens is 1. The van der Waals surface area contributed by atoms with Crippen LogP contribution in [0.1, 0.15) is 29.3 Å². The molecule has 114 valence electrons. The van der Waals surface area contributed by atoms with Crippen molar-refractivity contribution in [3.63, 3.8) is 0 Å². The lowest BCUT2D eigenvalue weighted by molar-refractivity contribution is -0.136. The molecule has 0 atom stereocenters. The first kappa shape index (κ1) is 15.7. The van der Waals surface area contributed by atoms with E-state index in [1.165, 1.54) is 4.90 Å². The average Bonchev–Trinajstić information content (AvgIpc) is 2.55. The molecule has 2 rings (SSSR count). The maximum Gasteiger partial charge on any atom is 0.305 e. The lowest BCUT2D eigenvalue weighted by Crippen LogP contribution is -2.33. The Labute approximate surface area is 129 Å². The molecule has 0 fully saturated rings. The first-order valence-electron chi connectivity index (χ1n) is 7.15. The number of carbonyl (C=O) groups is 2. The van der Waals surface area contributed by atoms with Gasteiger partial charge in [0.25, 0.3) is 5.91 Å². The zero-order valence-corrected chi connectivity index (χ0v) is 12.4. The van der Waals surface area contributed by atoms with Crippen LogP contribution in [0.15, 0.2) is 48.8 Å². The van der Waals surface area contributed by atoms with Gasteiger partial charge in [-0.15, -0.1) is 0 Å². The molecule has 0 aliphatic heterocycles. The number of nitrogens with zero attached hydrogens (tertiary/aromatic N) is 2. The molecule has 1 heterocycles. The van der Waals surface area contributed by atoms with Crippen molar-refractivity contribution in [2.45, 2.75) is 19.8 Å². The number of anilines is 1. The molecule has 0 saturated carbocycles. The summed E-state index contributed by atoms with van der Waals surface area (Å²) in [5, 5.41) is 8.94. The highest BCUT2D eigenvalue weighted by atomic mass is 16.4. The molecule has 1 aromatic heterocycles. The van der Waals surface area contributed by atoms with E-state index in [1.54, 1.807) is 24.5 Å². The number of rotatable bonds is 6. The monoisotopic (exact) mass is 298 g/mol. The third-order valence-corrected chi connectivity index (χ3v) is 3.39. The number of carbonyl (C=O) groups excluding carboxylic acids is 1. The highest BCUT2D eigenvalue weighted by molar-refractivity contribution is 6.06. The zero-order chi connectivity index (χ0) is 15.9. The molecule has 5 heteroatoms. The van der Waals surface area contributed by atoms with Gasteiger partial charge in [0.2, 0.25) is 0 Å². The van der Waals surface area contributed by atoms with Gasteiger partial charge < -0.3 is 10.0 Å². The van der Waals surface area contributed by atoms with E-state index in [0.717, 1.165) is 17.7 Å². The van der Waals surface area contributed by atoms with Crippen molar-refractivity contribution >= 4 is 17.6 Å². The van der Waals surface area contributed by atoms with Crippen molar-refractivity contribution < 1.29 is 14.7 Å². The summed E-state index contributed by atoms with van der Waals surface area (Å²) >= 11 is 0. The van der Waals surface area contributed by atoms with Crippen LogP contribution in [-0.2, 0) is 11.2 Å². The highest BCUT2D eigenvalue weighted by Crippen LogP contribution is 2.23. The first-order valence-corrected chi connectivity index (χ1v) is 7.15. The summed E-state index contributed by atoms with van der Waals surface area (Å²) in [6.07, 6.45) is 3.76. The van der Waals surface area contributed by atoms with Crippen LogP contribution in [0.2, 0.25) is 0 Å². The predicted octanol–water partition coefficient (Wildman–Crippen LogP) is 2.77. The molecule has 0 aliphatic carbocycles. The average molecular weight is 298 g/mol. The number of amides is 1. The molecular formula is C17H18N2O3. The van der Waals surface area contributed by atoms with Gasteiger partial charge in [0, 0.05) is 30.2 Å². The van der Waals surface area contributed by atoms with Crippen LogP contribution < -0.4 is 4.90 Å². The lowest BCUT2D eigenvalue weighted by Gasteiger charge is -2.24. The molecule has 0 saturated heterocycles. The highest BCUT2D eigenvalue weighted by Gasteiger charge is 2.20. The summed E-state index contributed by atoms with van der Waals surface area (Å²) in [5.41, 5.74) is 2.26. The molecule has 22 heavy (non-hydrogen) atoms. The number of hydrogen-bond acceptors (Lipinski definition) is 3. The molecule has 2 aromatic rings. The summed E-state index contributed by atoms with van der Waals surface area (Å²) < 4.78 is 0. The summed E-state index contributed by atoms with van der Waals surface area (Å²) in [6.45, 7) is 2.14. The maximum absolute atomic E-state index is 12.7. The summed E-state index contributed by atoms with van der Waals surface area (Å²) in [4.78, 5) is 29.1. The second-order valence-electron chi connectivity index (χ2n) is 4.82. The minimum atomic E-state index is -0.929. The molecule has 0 radical (unpaired) electrons. The van der Waals surface area contributed by atoms with E-state index in [1.807, 2.05) is 31.2 Å². The topological polar surface area (TPSA) is 70.5 Å². The smallest absolute Gasteiger partial charge is 0.305 e. The standard InChI is InChI=1S/C17H18N2O3/c1-2-13-5-3-4-6-15(13)19(12-9-16(20)21)17(22)14-7-10-18-11-8-14/h3-8,10-11H,2,9,12H2,1H3,(H,20,21). The Balaban J connectivity index is 2.38. The van der Waals surface area contributed by atoms with Gasteiger partial charge in [0.05, 0.1) is 6.42 Å². The van der Waals surface area contributed by atoms with Crippen LogP contribution >= 0.6 is 0 Å². The first-order chi connectivity index (χ1) is 10.6. The second-order valence-corrected chi connectivity index (χ2v) is 4.82. The van der Waals surface area contributed by atoms with Gasteiger partial charge in [-0.25, -0.2) is 0 Å². The Hall–Kier alpha value is -2.69. The number of para-hydroxylation sites is 1. The number of hydrogen-bond donors (Lipinski definition) is 1. The largest absolute Gasteiger partial charge is 0.481 e. The van der Waals surface area contributed by atoms with E-state index in [-0.39, 0.29) is 18.9 Å². The molecular weight excluding hydrogens is 280 g/mol. The van der Waals surface area contributed by atoms with Crippen LogP contribution in [0.25, 0.3) is 0 Å². The molecule has 0 unspecified atom stereocenters. The van der Waals surface area contributed by atoms with Crippen molar-refractivity contribution in [2.24, 2.45) is 0 Å². The minimum absolute atomic E-state index is 0.102. The van der Waals surface area contributed by atoms with Crippen molar-refractivity contribution in [1.29, 1.82) is 0 Å². The van der Waals surface area contributed by atoms with Gasteiger partial charge >= 0.3 is 5.97 Å². The third kappa shape index (κ3) is 3.69. The van der Waals surface area contributed by atoms with Gasteiger partial charge in [0.1, 0.15) is 0 Å². The quantitative estimate of drug-likeness (QED) is 0.890. The number of benzene rings is 1. The Kier molecular flexibility index (Phi) is 5.25. The molecule has 0 bridgehead atoms. The fraction of sp³-hybridized carbons (Fsp3) is 0.235. The Morgan fingerprint density at radius 1 is 1.14 bits per heavy atom. The van der Waals surface area contributed by atoms with E-state index < -0.39 is 5.97 Å². The van der Waals surface area contributed by atoms with Gasteiger partial charge in [-0.05, 0) is 30.2 Å².